The Balaban J connectivity index is 0.998. The van der Waals surface area contributed by atoms with Crippen LogP contribution in [0.5, 0.6) is 0 Å². The van der Waals surface area contributed by atoms with Gasteiger partial charge < -0.3 is 25.7 Å². The number of imidazole rings is 2. The third-order valence-electron chi connectivity index (χ3n) is 9.40. The van der Waals surface area contributed by atoms with E-state index >= 15 is 0 Å². The van der Waals surface area contributed by atoms with E-state index in [9.17, 15) is 19.5 Å². The Kier molecular flexibility index (Phi) is 7.56. The lowest BCUT2D eigenvalue weighted by atomic mass is 10.1. The molecule has 3 aliphatic rings. The fraction of sp³-hybridized carbons (Fsp3) is 0.324. The SMILES string of the molecule is O=C(O)N[C@H]1CCC(=O)N2CCC[C@@H](c3ncc(-c4ccc(-c5cnc6cc(-c7cnc(C8CCCN8)[nH]7)ccc6n5)cc4)[nH]3)N2C1=O. The highest BCUT2D eigenvalue weighted by Crippen LogP contribution is 2.35. The van der Waals surface area contributed by atoms with Gasteiger partial charge in [-0.05, 0) is 56.3 Å². The molecule has 0 radical (unpaired) electrons. The Hall–Kier alpha value is -5.63. The summed E-state index contributed by atoms with van der Waals surface area (Å²) in [6, 6.07) is 12.7. The zero-order valence-corrected chi connectivity index (χ0v) is 26.0. The number of hydrogen-bond acceptors (Lipinski definition) is 8. The summed E-state index contributed by atoms with van der Waals surface area (Å²) in [6.45, 7) is 1.42. The van der Waals surface area contributed by atoms with Crippen molar-refractivity contribution in [1.82, 2.24) is 50.6 Å². The number of H-pyrrole nitrogens is 2. The maximum Gasteiger partial charge on any atom is 0.405 e. The quantitative estimate of drug-likeness (QED) is 0.179. The molecule has 5 N–H and O–H groups in total. The molecule has 8 rings (SSSR count). The van der Waals surface area contributed by atoms with Crippen LogP contribution in [0, 0.1) is 0 Å². The van der Waals surface area contributed by atoms with Crippen molar-refractivity contribution in [3.8, 4) is 33.8 Å². The molecular weight excluding hydrogens is 612 g/mol. The van der Waals surface area contributed by atoms with E-state index in [-0.39, 0.29) is 24.8 Å². The number of rotatable bonds is 6. The number of nitrogens with zero attached hydrogens (tertiary/aromatic N) is 6. The van der Waals surface area contributed by atoms with Crippen LogP contribution in [0.1, 0.15) is 62.3 Å². The second-order valence-electron chi connectivity index (χ2n) is 12.4. The topological polar surface area (TPSA) is 185 Å². The lowest BCUT2D eigenvalue weighted by Crippen LogP contribution is -2.57. The molecule has 3 saturated heterocycles. The number of nitrogens with one attached hydrogen (secondary N) is 4. The smallest absolute Gasteiger partial charge is 0.405 e. The van der Waals surface area contributed by atoms with Crippen molar-refractivity contribution in [2.45, 2.75) is 56.7 Å². The van der Waals surface area contributed by atoms with E-state index in [0.29, 0.717) is 25.2 Å². The molecule has 3 atom stereocenters. The third kappa shape index (κ3) is 5.53. The number of hydrogen-bond donors (Lipinski definition) is 5. The molecule has 0 bridgehead atoms. The molecule has 14 nitrogen and oxygen atoms in total. The van der Waals surface area contributed by atoms with Gasteiger partial charge in [-0.2, -0.15) is 0 Å². The first-order valence-corrected chi connectivity index (χ1v) is 16.3. The van der Waals surface area contributed by atoms with Crippen LogP contribution in [0.2, 0.25) is 0 Å². The average Bonchev–Trinajstić information content (AvgIpc) is 3.90. The molecular formula is C34H34N10O4. The Bertz CT molecular complexity index is 2020. The summed E-state index contributed by atoms with van der Waals surface area (Å²) in [7, 11) is 0. The average molecular weight is 647 g/mol. The van der Waals surface area contributed by atoms with Crippen molar-refractivity contribution in [3.05, 3.63) is 72.7 Å². The summed E-state index contributed by atoms with van der Waals surface area (Å²) in [6.07, 6.45) is 7.78. The van der Waals surface area contributed by atoms with Crippen molar-refractivity contribution < 1.29 is 19.5 Å². The summed E-state index contributed by atoms with van der Waals surface area (Å²) in [5, 5.41) is 17.9. The van der Waals surface area contributed by atoms with Gasteiger partial charge in [0.15, 0.2) is 0 Å². The van der Waals surface area contributed by atoms with Gasteiger partial charge in [0.2, 0.25) is 5.91 Å². The lowest BCUT2D eigenvalue weighted by Gasteiger charge is -2.42. The van der Waals surface area contributed by atoms with Gasteiger partial charge in [0.25, 0.3) is 5.91 Å². The van der Waals surface area contributed by atoms with Crippen LogP contribution in [0.3, 0.4) is 0 Å². The first-order chi connectivity index (χ1) is 23.4. The highest BCUT2D eigenvalue weighted by Gasteiger charge is 2.43. The largest absolute Gasteiger partial charge is 0.465 e. The van der Waals surface area contributed by atoms with E-state index in [1.165, 1.54) is 10.0 Å². The summed E-state index contributed by atoms with van der Waals surface area (Å²) in [4.78, 5) is 63.2. The standard InChI is InChI=1S/C34H34N10O4/c45-30-12-11-24(42-34(47)48)33(46)44-29(4-2-14-43(30)44)32-38-17-27(41-32)20-7-5-19(6-8-20)26-16-36-25-15-21(9-10-22(25)39-26)28-18-37-31(40-28)23-3-1-13-35-23/h5-10,15-18,23-24,29,35,42H,1-4,11-14H2,(H,37,40)(H,38,41)(H,47,48)/t23?,24-,29-/m0/s1. The second-order valence-corrected chi connectivity index (χ2v) is 12.4. The Morgan fingerprint density at radius 1 is 0.833 bits per heavy atom. The minimum atomic E-state index is -1.30. The zero-order valence-electron chi connectivity index (χ0n) is 26.0. The van der Waals surface area contributed by atoms with Crippen LogP contribution >= 0.6 is 0 Å². The highest BCUT2D eigenvalue weighted by molar-refractivity contribution is 5.90. The van der Waals surface area contributed by atoms with E-state index in [1.54, 1.807) is 12.4 Å². The number of benzene rings is 2. The number of fused-ring (bicyclic) bond motifs is 2. The van der Waals surface area contributed by atoms with Crippen LogP contribution in [0.25, 0.3) is 44.8 Å². The van der Waals surface area contributed by atoms with Gasteiger partial charge in [-0.25, -0.2) is 24.8 Å². The molecule has 2 aromatic carbocycles. The fourth-order valence-electron chi connectivity index (χ4n) is 6.93. The van der Waals surface area contributed by atoms with Crippen molar-refractivity contribution in [3.63, 3.8) is 0 Å². The molecule has 3 fully saturated rings. The van der Waals surface area contributed by atoms with E-state index in [2.05, 4.69) is 30.6 Å². The summed E-state index contributed by atoms with van der Waals surface area (Å²) in [5.74, 6) is 0.853. The van der Waals surface area contributed by atoms with E-state index in [1.807, 2.05) is 48.7 Å². The zero-order chi connectivity index (χ0) is 32.8. The molecule has 1 unspecified atom stereocenters. The van der Waals surface area contributed by atoms with Crippen LogP contribution in [-0.4, -0.2) is 82.1 Å². The van der Waals surface area contributed by atoms with Gasteiger partial charge in [0.05, 0.1) is 52.7 Å². The molecule has 0 saturated carbocycles. The molecule has 6 heterocycles. The Morgan fingerprint density at radius 2 is 1.58 bits per heavy atom. The Labute approximate surface area is 275 Å². The van der Waals surface area contributed by atoms with Crippen LogP contribution in [-0.2, 0) is 9.59 Å². The minimum absolute atomic E-state index is 0.0860. The van der Waals surface area contributed by atoms with Gasteiger partial charge in [-0.3, -0.25) is 19.6 Å². The van der Waals surface area contributed by atoms with Gasteiger partial charge >= 0.3 is 6.09 Å². The van der Waals surface area contributed by atoms with Crippen molar-refractivity contribution in [2.24, 2.45) is 0 Å². The predicted octanol–water partition coefficient (Wildman–Crippen LogP) is 4.34. The Morgan fingerprint density at radius 3 is 2.38 bits per heavy atom. The number of carbonyl (C=O) groups is 3. The molecule has 244 valence electrons. The molecule has 3 amide bonds. The molecule has 48 heavy (non-hydrogen) atoms. The highest BCUT2D eigenvalue weighted by atomic mass is 16.4. The number of carboxylic acid groups (broad SMARTS) is 1. The second kappa shape index (κ2) is 12.2. The molecule has 3 aromatic heterocycles. The number of amides is 3. The number of aromatic amines is 2. The predicted molar refractivity (Wildman–Crippen MR) is 175 cm³/mol. The first-order valence-electron chi connectivity index (χ1n) is 16.3. The number of aromatic nitrogens is 6. The van der Waals surface area contributed by atoms with Crippen LogP contribution in [0.4, 0.5) is 4.79 Å². The normalized spacial score (nSPS) is 21.4. The molecule has 5 aromatic rings. The fourth-order valence-corrected chi connectivity index (χ4v) is 6.93. The van der Waals surface area contributed by atoms with Crippen LogP contribution in [0.15, 0.2) is 61.1 Å². The summed E-state index contributed by atoms with van der Waals surface area (Å²) >= 11 is 0. The van der Waals surface area contributed by atoms with E-state index < -0.39 is 24.1 Å². The van der Waals surface area contributed by atoms with Gasteiger partial charge in [0.1, 0.15) is 23.7 Å². The maximum atomic E-state index is 13.5. The van der Waals surface area contributed by atoms with Gasteiger partial charge in [-0.1, -0.05) is 30.3 Å². The number of hydrazine groups is 1. The molecule has 0 spiro atoms. The summed E-state index contributed by atoms with van der Waals surface area (Å²) in [5.41, 5.74) is 6.85. The van der Waals surface area contributed by atoms with Crippen molar-refractivity contribution in [1.29, 1.82) is 0 Å². The summed E-state index contributed by atoms with van der Waals surface area (Å²) < 4.78 is 0. The first kappa shape index (κ1) is 29.8. The van der Waals surface area contributed by atoms with Gasteiger partial charge in [0, 0.05) is 24.1 Å². The van der Waals surface area contributed by atoms with E-state index in [0.717, 1.165) is 70.0 Å². The monoisotopic (exact) mass is 646 g/mol. The third-order valence-corrected chi connectivity index (χ3v) is 9.40. The van der Waals surface area contributed by atoms with Crippen molar-refractivity contribution in [2.75, 3.05) is 13.1 Å². The maximum absolute atomic E-state index is 13.5. The minimum Gasteiger partial charge on any atom is -0.465 e. The van der Waals surface area contributed by atoms with Gasteiger partial charge in [-0.15, -0.1) is 0 Å². The van der Waals surface area contributed by atoms with Crippen LogP contribution < -0.4 is 10.6 Å². The van der Waals surface area contributed by atoms with Crippen molar-refractivity contribution >= 4 is 28.9 Å². The molecule has 14 heteroatoms. The number of carbonyl (C=O) groups excluding carboxylic acids is 2. The van der Waals surface area contributed by atoms with E-state index in [4.69, 9.17) is 9.97 Å². The molecule has 0 aliphatic carbocycles. The lowest BCUT2D eigenvalue weighted by molar-refractivity contribution is -0.174. The molecule has 3 aliphatic heterocycles.